The van der Waals surface area contributed by atoms with E-state index in [0.29, 0.717) is 36.5 Å². The van der Waals surface area contributed by atoms with Gasteiger partial charge in [0.25, 0.3) is 0 Å². The molecule has 0 aliphatic heterocycles. The lowest BCUT2D eigenvalue weighted by molar-refractivity contribution is -0.134. The van der Waals surface area contributed by atoms with Gasteiger partial charge in [0.05, 0.1) is 5.02 Å². The molecular formula is C19H17Cl2FN2O2. The first-order valence-corrected chi connectivity index (χ1v) is 8.95. The van der Waals surface area contributed by atoms with Crippen LogP contribution < -0.4 is 10.6 Å². The highest BCUT2D eigenvalue weighted by molar-refractivity contribution is 6.31. The monoisotopic (exact) mass is 394 g/mol. The van der Waals surface area contributed by atoms with Gasteiger partial charge >= 0.3 is 0 Å². The van der Waals surface area contributed by atoms with Crippen LogP contribution in [0, 0.1) is 11.2 Å². The Morgan fingerprint density at radius 3 is 2.50 bits per heavy atom. The smallest absolute Gasteiger partial charge is 0.240 e. The van der Waals surface area contributed by atoms with Crippen molar-refractivity contribution in [3.63, 3.8) is 0 Å². The van der Waals surface area contributed by atoms with E-state index in [1.807, 2.05) is 18.2 Å². The van der Waals surface area contributed by atoms with Crippen LogP contribution in [0.3, 0.4) is 0 Å². The van der Waals surface area contributed by atoms with E-state index >= 15 is 0 Å². The minimum Gasteiger partial charge on any atom is -0.355 e. The molecule has 0 spiro atoms. The minimum atomic E-state index is -1.06. The summed E-state index contributed by atoms with van der Waals surface area (Å²) >= 11 is 11.6. The third-order valence-electron chi connectivity index (χ3n) is 4.39. The van der Waals surface area contributed by atoms with Crippen LogP contribution in [0.15, 0.2) is 42.5 Å². The quantitative estimate of drug-likeness (QED) is 0.720. The van der Waals surface area contributed by atoms with Crippen molar-refractivity contribution in [1.29, 1.82) is 0 Å². The summed E-state index contributed by atoms with van der Waals surface area (Å²) < 4.78 is 13.2. The van der Waals surface area contributed by atoms with Gasteiger partial charge < -0.3 is 10.6 Å². The molecule has 0 radical (unpaired) electrons. The second-order valence-electron chi connectivity index (χ2n) is 6.30. The number of rotatable bonds is 6. The molecular weight excluding hydrogens is 378 g/mol. The van der Waals surface area contributed by atoms with Crippen molar-refractivity contribution >= 4 is 40.7 Å². The van der Waals surface area contributed by atoms with Gasteiger partial charge in [-0.25, -0.2) is 4.39 Å². The standard InChI is InChI=1S/C19H17Cl2FN2O2/c20-13-3-1-2-12(10-13)6-9-23-17(25)19(7-8-19)18(26)24-14-4-5-16(22)15(21)11-14/h1-5,10-11H,6-9H2,(H,23,25)(H,24,26). The van der Waals surface area contributed by atoms with Gasteiger partial charge in [-0.1, -0.05) is 35.3 Å². The Labute approximate surface area is 160 Å². The minimum absolute atomic E-state index is 0.0846. The first-order valence-electron chi connectivity index (χ1n) is 8.20. The van der Waals surface area contributed by atoms with E-state index in [0.717, 1.165) is 5.56 Å². The van der Waals surface area contributed by atoms with Crippen LogP contribution in [0.25, 0.3) is 0 Å². The molecule has 0 aromatic heterocycles. The molecule has 0 heterocycles. The fourth-order valence-electron chi connectivity index (χ4n) is 2.69. The molecule has 3 rings (SSSR count). The van der Waals surface area contributed by atoms with Crippen molar-refractivity contribution in [2.75, 3.05) is 11.9 Å². The lowest BCUT2D eigenvalue weighted by Crippen LogP contribution is -2.40. The molecule has 26 heavy (non-hydrogen) atoms. The number of halogens is 3. The number of hydrogen-bond donors (Lipinski definition) is 2. The average molecular weight is 395 g/mol. The predicted molar refractivity (Wildman–Crippen MR) is 99.9 cm³/mol. The highest BCUT2D eigenvalue weighted by Crippen LogP contribution is 2.46. The number of anilines is 1. The summed E-state index contributed by atoms with van der Waals surface area (Å²) in [6.45, 7) is 0.413. The largest absolute Gasteiger partial charge is 0.355 e. The molecule has 1 aliphatic carbocycles. The number of nitrogens with one attached hydrogen (secondary N) is 2. The van der Waals surface area contributed by atoms with E-state index in [1.165, 1.54) is 18.2 Å². The third kappa shape index (κ3) is 4.17. The fraction of sp³-hybridized carbons (Fsp3) is 0.263. The summed E-state index contributed by atoms with van der Waals surface area (Å²) in [5, 5.41) is 6.01. The van der Waals surface area contributed by atoms with Gasteiger partial charge in [0.2, 0.25) is 11.8 Å². The van der Waals surface area contributed by atoms with Gasteiger partial charge in [-0.2, -0.15) is 0 Å². The molecule has 2 N–H and O–H groups in total. The van der Waals surface area contributed by atoms with Gasteiger partial charge in [0.15, 0.2) is 0 Å². The number of amides is 2. The van der Waals surface area contributed by atoms with Crippen LogP contribution >= 0.6 is 23.2 Å². The van der Waals surface area contributed by atoms with E-state index < -0.39 is 17.1 Å². The third-order valence-corrected chi connectivity index (χ3v) is 4.91. The van der Waals surface area contributed by atoms with Crippen molar-refractivity contribution in [1.82, 2.24) is 5.32 Å². The molecule has 4 nitrogen and oxygen atoms in total. The summed E-state index contributed by atoms with van der Waals surface area (Å²) in [6, 6.07) is 11.3. The lowest BCUT2D eigenvalue weighted by Gasteiger charge is -2.15. The van der Waals surface area contributed by atoms with Crippen molar-refractivity contribution in [3.05, 3.63) is 63.9 Å². The summed E-state index contributed by atoms with van der Waals surface area (Å²) in [5.74, 6) is -1.27. The highest BCUT2D eigenvalue weighted by atomic mass is 35.5. The molecule has 0 bridgehead atoms. The second kappa shape index (κ2) is 7.64. The van der Waals surface area contributed by atoms with E-state index in [1.54, 1.807) is 6.07 Å². The molecule has 1 saturated carbocycles. The fourth-order valence-corrected chi connectivity index (χ4v) is 3.08. The molecule has 136 valence electrons. The number of carbonyl (C=O) groups is 2. The van der Waals surface area contributed by atoms with E-state index in [2.05, 4.69) is 10.6 Å². The molecule has 0 atom stereocenters. The Kier molecular flexibility index (Phi) is 5.49. The van der Waals surface area contributed by atoms with Gasteiger partial charge in [-0.15, -0.1) is 0 Å². The van der Waals surface area contributed by atoms with E-state index in [9.17, 15) is 14.0 Å². The second-order valence-corrected chi connectivity index (χ2v) is 7.14. The Balaban J connectivity index is 1.56. The van der Waals surface area contributed by atoms with Crippen molar-refractivity contribution < 1.29 is 14.0 Å². The Morgan fingerprint density at radius 2 is 1.85 bits per heavy atom. The Bertz CT molecular complexity index is 853. The summed E-state index contributed by atoms with van der Waals surface area (Å²) in [7, 11) is 0. The van der Waals surface area contributed by atoms with Crippen LogP contribution in [-0.4, -0.2) is 18.4 Å². The first-order chi connectivity index (χ1) is 12.4. The summed E-state index contributed by atoms with van der Waals surface area (Å²) in [5.41, 5.74) is 0.308. The van der Waals surface area contributed by atoms with Crippen molar-refractivity contribution in [3.8, 4) is 0 Å². The molecule has 2 aromatic rings. The van der Waals surface area contributed by atoms with E-state index in [-0.39, 0.29) is 10.9 Å². The molecule has 1 fully saturated rings. The molecule has 0 unspecified atom stereocenters. The lowest BCUT2D eigenvalue weighted by atomic mass is 10.0. The number of benzene rings is 2. The molecule has 2 amide bonds. The number of carbonyl (C=O) groups excluding carboxylic acids is 2. The number of hydrogen-bond acceptors (Lipinski definition) is 2. The highest BCUT2D eigenvalue weighted by Gasteiger charge is 2.56. The van der Waals surface area contributed by atoms with Gasteiger partial charge in [0.1, 0.15) is 11.2 Å². The van der Waals surface area contributed by atoms with Crippen LogP contribution in [0.4, 0.5) is 10.1 Å². The molecule has 1 aliphatic rings. The summed E-state index contributed by atoms with van der Waals surface area (Å²) in [6.07, 6.45) is 1.59. The van der Waals surface area contributed by atoms with Gasteiger partial charge in [-0.05, 0) is 55.2 Å². The van der Waals surface area contributed by atoms with E-state index in [4.69, 9.17) is 23.2 Å². The maximum atomic E-state index is 13.2. The van der Waals surface area contributed by atoms with Crippen molar-refractivity contribution in [2.45, 2.75) is 19.3 Å². The molecule has 7 heteroatoms. The SMILES string of the molecule is O=C(NCCc1cccc(Cl)c1)C1(C(=O)Nc2ccc(F)c(Cl)c2)CC1. The first kappa shape index (κ1) is 18.7. The van der Waals surface area contributed by atoms with Crippen LogP contribution in [0.5, 0.6) is 0 Å². The van der Waals surface area contributed by atoms with Crippen LogP contribution in [-0.2, 0) is 16.0 Å². The van der Waals surface area contributed by atoms with Gasteiger partial charge in [-0.3, -0.25) is 9.59 Å². The zero-order chi connectivity index (χ0) is 18.7. The normalized spacial score (nSPS) is 14.6. The zero-order valence-electron chi connectivity index (χ0n) is 13.8. The molecule has 0 saturated heterocycles. The maximum absolute atomic E-state index is 13.2. The topological polar surface area (TPSA) is 58.2 Å². The van der Waals surface area contributed by atoms with Gasteiger partial charge in [0, 0.05) is 17.3 Å². The molecule has 2 aromatic carbocycles. The predicted octanol–water partition coefficient (Wildman–Crippen LogP) is 4.21. The Morgan fingerprint density at radius 1 is 1.08 bits per heavy atom. The van der Waals surface area contributed by atoms with Crippen LogP contribution in [0.2, 0.25) is 10.0 Å². The Hall–Kier alpha value is -2.11. The van der Waals surface area contributed by atoms with Crippen molar-refractivity contribution in [2.24, 2.45) is 5.41 Å². The maximum Gasteiger partial charge on any atom is 0.240 e. The zero-order valence-corrected chi connectivity index (χ0v) is 15.3. The van der Waals surface area contributed by atoms with Crippen LogP contribution in [0.1, 0.15) is 18.4 Å². The summed E-state index contributed by atoms with van der Waals surface area (Å²) in [4.78, 5) is 24.9. The average Bonchev–Trinajstić information content (AvgIpc) is 3.40.